The van der Waals surface area contributed by atoms with Crippen molar-refractivity contribution in [3.8, 4) is 0 Å². The smallest absolute Gasteiger partial charge is 0.319 e. The van der Waals surface area contributed by atoms with E-state index >= 15 is 0 Å². The van der Waals surface area contributed by atoms with Gasteiger partial charge in [0.1, 0.15) is 0 Å². The minimum absolute atomic E-state index is 0.00676. The average molecular weight is 430 g/mol. The summed E-state index contributed by atoms with van der Waals surface area (Å²) in [7, 11) is 0. The molecule has 0 spiro atoms. The van der Waals surface area contributed by atoms with Crippen molar-refractivity contribution in [3.63, 3.8) is 0 Å². The number of hydrogen-bond donors (Lipinski definition) is 2. The number of carbonyl (C=O) groups is 1. The fourth-order valence-corrected chi connectivity index (χ4v) is 3.16. The van der Waals surface area contributed by atoms with Crippen LogP contribution in [0.3, 0.4) is 0 Å². The molecular formula is C25H39N3O3. The van der Waals surface area contributed by atoms with Gasteiger partial charge in [-0.2, -0.15) is 0 Å². The fourth-order valence-electron chi connectivity index (χ4n) is 3.16. The van der Waals surface area contributed by atoms with E-state index in [0.717, 1.165) is 25.7 Å². The number of allylic oxidation sites excluding steroid dienone is 4. The molecule has 0 aliphatic rings. The predicted octanol–water partition coefficient (Wildman–Crippen LogP) is 7.53. The molecule has 0 saturated carbocycles. The van der Waals surface area contributed by atoms with E-state index in [-0.39, 0.29) is 11.7 Å². The van der Waals surface area contributed by atoms with Crippen LogP contribution >= 0.6 is 0 Å². The fraction of sp³-hybridized carbons (Fsp3) is 0.560. The van der Waals surface area contributed by atoms with Gasteiger partial charge in [0.15, 0.2) is 0 Å². The van der Waals surface area contributed by atoms with Crippen molar-refractivity contribution in [3.05, 3.63) is 58.7 Å². The Labute approximate surface area is 187 Å². The van der Waals surface area contributed by atoms with Gasteiger partial charge in [-0.05, 0) is 50.7 Å². The van der Waals surface area contributed by atoms with Crippen LogP contribution in [-0.4, -0.2) is 17.5 Å². The van der Waals surface area contributed by atoms with Gasteiger partial charge >= 0.3 is 6.03 Å². The highest BCUT2D eigenvalue weighted by atomic mass is 16.6. The Bertz CT molecular complexity index is 669. The Kier molecular flexibility index (Phi) is 15.5. The first-order valence-electron chi connectivity index (χ1n) is 11.7. The summed E-state index contributed by atoms with van der Waals surface area (Å²) in [5, 5.41) is 16.1. The van der Waals surface area contributed by atoms with Gasteiger partial charge in [0.25, 0.3) is 5.69 Å². The number of carbonyl (C=O) groups excluding carboxylic acids is 1. The molecule has 0 atom stereocenters. The van der Waals surface area contributed by atoms with Crippen LogP contribution in [0.5, 0.6) is 0 Å². The van der Waals surface area contributed by atoms with Crippen molar-refractivity contribution in [2.45, 2.75) is 84.0 Å². The van der Waals surface area contributed by atoms with Gasteiger partial charge in [-0.1, -0.05) is 69.8 Å². The first-order chi connectivity index (χ1) is 15.1. The molecule has 1 aromatic rings. The lowest BCUT2D eigenvalue weighted by Gasteiger charge is -2.07. The van der Waals surface area contributed by atoms with Crippen molar-refractivity contribution >= 4 is 17.4 Å². The monoisotopic (exact) mass is 429 g/mol. The summed E-state index contributed by atoms with van der Waals surface area (Å²) < 4.78 is 0. The first kappa shape index (κ1) is 26.4. The maximum atomic E-state index is 11.8. The Morgan fingerprint density at radius 3 is 2.06 bits per heavy atom. The van der Waals surface area contributed by atoms with Gasteiger partial charge in [0, 0.05) is 24.4 Å². The highest BCUT2D eigenvalue weighted by molar-refractivity contribution is 5.89. The van der Waals surface area contributed by atoms with Gasteiger partial charge in [-0.3, -0.25) is 10.1 Å². The second-order valence-electron chi connectivity index (χ2n) is 7.77. The molecule has 2 N–H and O–H groups in total. The van der Waals surface area contributed by atoms with Crippen LogP contribution in [-0.2, 0) is 0 Å². The van der Waals surface area contributed by atoms with E-state index in [9.17, 15) is 14.9 Å². The second-order valence-corrected chi connectivity index (χ2v) is 7.77. The molecule has 0 unspecified atom stereocenters. The van der Waals surface area contributed by atoms with E-state index in [0.29, 0.717) is 12.2 Å². The standard InChI is InChI=1S/C25H39N3O3/c1-2-3-4-5-6-7-8-9-10-11-12-13-14-15-16-17-22-26-25(29)27-23-18-20-24(21-19-23)28(30)31/h6-7,9-10,18-21H,2-5,8,11-17,22H2,1H3,(H2,26,27,29). The van der Waals surface area contributed by atoms with Crippen LogP contribution in [0.2, 0.25) is 0 Å². The molecule has 0 aliphatic heterocycles. The molecule has 31 heavy (non-hydrogen) atoms. The third-order valence-corrected chi connectivity index (χ3v) is 5.00. The first-order valence-corrected chi connectivity index (χ1v) is 11.7. The summed E-state index contributed by atoms with van der Waals surface area (Å²) in [6.45, 7) is 2.87. The minimum Gasteiger partial charge on any atom is -0.338 e. The highest BCUT2D eigenvalue weighted by Crippen LogP contribution is 2.15. The zero-order valence-corrected chi connectivity index (χ0v) is 19.0. The number of nitrogens with one attached hydrogen (secondary N) is 2. The van der Waals surface area contributed by atoms with Crippen LogP contribution in [0.1, 0.15) is 84.0 Å². The number of unbranched alkanes of at least 4 members (excludes halogenated alkanes) is 9. The zero-order valence-electron chi connectivity index (χ0n) is 19.0. The van der Waals surface area contributed by atoms with Crippen molar-refractivity contribution in [1.82, 2.24) is 5.32 Å². The van der Waals surface area contributed by atoms with E-state index in [4.69, 9.17) is 0 Å². The molecule has 0 saturated heterocycles. The highest BCUT2D eigenvalue weighted by Gasteiger charge is 2.05. The molecule has 6 heteroatoms. The number of non-ortho nitro benzene ring substituents is 1. The maximum Gasteiger partial charge on any atom is 0.319 e. The minimum atomic E-state index is -0.463. The third-order valence-electron chi connectivity index (χ3n) is 5.00. The second kappa shape index (κ2) is 18.2. The molecule has 0 radical (unpaired) electrons. The van der Waals surface area contributed by atoms with Crippen molar-refractivity contribution < 1.29 is 9.72 Å². The largest absolute Gasteiger partial charge is 0.338 e. The Hall–Kier alpha value is -2.63. The molecular weight excluding hydrogens is 390 g/mol. The number of nitro benzene ring substituents is 1. The Balaban J connectivity index is 1.91. The number of nitrogens with zero attached hydrogens (tertiary/aromatic N) is 1. The number of urea groups is 1. The molecule has 1 rings (SSSR count). The van der Waals surface area contributed by atoms with Crippen molar-refractivity contribution in [2.24, 2.45) is 0 Å². The number of nitro groups is 1. The summed E-state index contributed by atoms with van der Waals surface area (Å²) in [6.07, 6.45) is 23.5. The van der Waals surface area contributed by atoms with Crippen LogP contribution in [0.4, 0.5) is 16.2 Å². The number of amides is 2. The lowest BCUT2D eigenvalue weighted by Crippen LogP contribution is -2.29. The van der Waals surface area contributed by atoms with E-state index < -0.39 is 4.92 Å². The van der Waals surface area contributed by atoms with Gasteiger partial charge < -0.3 is 10.6 Å². The topological polar surface area (TPSA) is 84.3 Å². The third kappa shape index (κ3) is 14.9. The number of rotatable bonds is 17. The number of anilines is 1. The lowest BCUT2D eigenvalue weighted by molar-refractivity contribution is -0.384. The van der Waals surface area contributed by atoms with Crippen LogP contribution in [0.25, 0.3) is 0 Å². The van der Waals surface area contributed by atoms with E-state index in [2.05, 4.69) is 41.9 Å². The lowest BCUT2D eigenvalue weighted by atomic mass is 10.1. The normalized spacial score (nSPS) is 11.3. The van der Waals surface area contributed by atoms with Crippen LogP contribution in [0, 0.1) is 10.1 Å². The van der Waals surface area contributed by atoms with E-state index in [1.165, 1.54) is 75.6 Å². The summed E-state index contributed by atoms with van der Waals surface area (Å²) in [6, 6.07) is 5.52. The Morgan fingerprint density at radius 1 is 0.871 bits per heavy atom. The van der Waals surface area contributed by atoms with Gasteiger partial charge in [-0.25, -0.2) is 4.79 Å². The molecule has 6 nitrogen and oxygen atoms in total. The molecule has 0 aromatic heterocycles. The number of benzene rings is 1. The van der Waals surface area contributed by atoms with Crippen LogP contribution in [0.15, 0.2) is 48.6 Å². The van der Waals surface area contributed by atoms with Crippen LogP contribution < -0.4 is 10.6 Å². The quantitative estimate of drug-likeness (QED) is 0.116. The molecule has 0 heterocycles. The number of hydrogen-bond acceptors (Lipinski definition) is 3. The summed E-state index contributed by atoms with van der Waals surface area (Å²) in [5.74, 6) is 0. The zero-order chi connectivity index (χ0) is 22.6. The maximum absolute atomic E-state index is 11.8. The Morgan fingerprint density at radius 2 is 1.45 bits per heavy atom. The van der Waals surface area contributed by atoms with Crippen molar-refractivity contribution in [1.29, 1.82) is 0 Å². The molecule has 1 aromatic carbocycles. The molecule has 0 aliphatic carbocycles. The average Bonchev–Trinajstić information content (AvgIpc) is 2.76. The van der Waals surface area contributed by atoms with Gasteiger partial charge in [0.2, 0.25) is 0 Å². The summed E-state index contributed by atoms with van der Waals surface area (Å²) >= 11 is 0. The SMILES string of the molecule is CCCCCC=CCC=CCCCCCCCCNC(=O)Nc1ccc([N+](=O)[O-])cc1. The predicted molar refractivity (Wildman–Crippen MR) is 129 cm³/mol. The molecule has 2 amide bonds. The van der Waals surface area contributed by atoms with E-state index in [1.54, 1.807) is 0 Å². The van der Waals surface area contributed by atoms with Crippen molar-refractivity contribution in [2.75, 3.05) is 11.9 Å². The molecule has 0 fully saturated rings. The summed E-state index contributed by atoms with van der Waals surface area (Å²) in [5.41, 5.74) is 0.549. The van der Waals surface area contributed by atoms with E-state index in [1.807, 2.05) is 0 Å². The van der Waals surface area contributed by atoms with Gasteiger partial charge in [0.05, 0.1) is 4.92 Å². The van der Waals surface area contributed by atoms with Gasteiger partial charge in [-0.15, -0.1) is 0 Å². The summed E-state index contributed by atoms with van der Waals surface area (Å²) in [4.78, 5) is 22.0. The molecule has 172 valence electrons. The molecule has 0 bridgehead atoms.